The zero-order valence-corrected chi connectivity index (χ0v) is 17.2. The Bertz CT molecular complexity index is 383. The number of carbonyl (C=O) groups excluding carboxylic acids is 2. The van der Waals surface area contributed by atoms with Crippen LogP contribution in [0.15, 0.2) is 24.3 Å². The average Bonchev–Trinajstić information content (AvgIpc) is 2.43. The van der Waals surface area contributed by atoms with E-state index < -0.39 is 12.8 Å². The Balaban J connectivity index is 2.61. The Kier molecular flexibility index (Phi) is 8.25. The summed E-state index contributed by atoms with van der Waals surface area (Å²) in [7, 11) is 0. The summed E-state index contributed by atoms with van der Waals surface area (Å²) < 4.78 is 1.93. The number of carbonyl (C=O) groups is 2. The van der Waals surface area contributed by atoms with Gasteiger partial charge in [0.05, 0.1) is 0 Å². The van der Waals surface area contributed by atoms with Crippen molar-refractivity contribution in [3.8, 4) is 0 Å². The molecule has 0 amide bonds. The third-order valence-corrected chi connectivity index (χ3v) is 22.3. The quantitative estimate of drug-likeness (QED) is 0.462. The van der Waals surface area contributed by atoms with E-state index in [1.807, 2.05) is 0 Å². The molecule has 0 unspecified atom stereocenters. The molecule has 0 aromatic rings. The summed E-state index contributed by atoms with van der Waals surface area (Å²) in [6, 6.07) is 0. The van der Waals surface area contributed by atoms with Gasteiger partial charge in [-0.15, -0.1) is 0 Å². The van der Waals surface area contributed by atoms with Crippen LogP contribution in [0.3, 0.4) is 0 Å². The minimum absolute atomic E-state index is 0.119. The third-order valence-electron chi connectivity index (χ3n) is 2.90. The van der Waals surface area contributed by atoms with E-state index in [4.69, 9.17) is 0 Å². The maximum absolute atomic E-state index is 11.8. The van der Waals surface area contributed by atoms with Crippen LogP contribution >= 0.6 is 23.5 Å². The molecular formula is C14H22O2S2Se2. The van der Waals surface area contributed by atoms with Crippen molar-refractivity contribution >= 4 is 61.6 Å². The van der Waals surface area contributed by atoms with Gasteiger partial charge in [-0.3, -0.25) is 0 Å². The second-order valence-corrected chi connectivity index (χ2v) is 19.1. The van der Waals surface area contributed by atoms with Crippen molar-refractivity contribution in [2.75, 3.05) is 9.30 Å². The first-order valence-corrected chi connectivity index (χ1v) is 15.6. The van der Waals surface area contributed by atoms with E-state index in [2.05, 4.69) is 13.2 Å². The van der Waals surface area contributed by atoms with Crippen LogP contribution in [0.2, 0.25) is 21.3 Å². The Morgan fingerprint density at radius 1 is 1.00 bits per heavy atom. The van der Waals surface area contributed by atoms with Crippen molar-refractivity contribution in [2.24, 2.45) is 0 Å². The molecule has 1 saturated heterocycles. The molecule has 0 radical (unpaired) electrons. The molecule has 0 aliphatic carbocycles. The van der Waals surface area contributed by atoms with Crippen molar-refractivity contribution in [1.82, 2.24) is 0 Å². The molecule has 114 valence electrons. The summed E-state index contributed by atoms with van der Waals surface area (Å²) in [5, 5.41) is 5.49. The van der Waals surface area contributed by atoms with Crippen LogP contribution in [0.5, 0.6) is 0 Å². The Labute approximate surface area is 139 Å². The van der Waals surface area contributed by atoms with Gasteiger partial charge in [-0.2, -0.15) is 0 Å². The third kappa shape index (κ3) is 6.13. The summed E-state index contributed by atoms with van der Waals surface area (Å²) >= 11 is 1.98. The van der Waals surface area contributed by atoms with Gasteiger partial charge in [-0.05, 0) is 0 Å². The van der Waals surface area contributed by atoms with E-state index in [9.17, 15) is 9.59 Å². The van der Waals surface area contributed by atoms with E-state index in [0.29, 0.717) is 11.1 Å². The van der Waals surface area contributed by atoms with Gasteiger partial charge in [0.2, 0.25) is 0 Å². The predicted molar refractivity (Wildman–Crippen MR) is 95.3 cm³/mol. The standard InChI is InChI=1S/C14H22O2S2Se2/c1-11(2)13(15)17-9-20(7-5-19-6-8-20)10-18-14(16)12(3)4/h1,3,5-10H2,2,4H3. The van der Waals surface area contributed by atoms with Gasteiger partial charge in [0.25, 0.3) is 0 Å². The first-order valence-electron chi connectivity index (χ1n) is 6.33. The molecule has 0 saturated carbocycles. The van der Waals surface area contributed by atoms with E-state index in [0.717, 1.165) is 24.3 Å². The van der Waals surface area contributed by atoms with Crippen molar-refractivity contribution in [2.45, 2.75) is 35.1 Å². The fourth-order valence-corrected chi connectivity index (χ4v) is 25.4. The van der Waals surface area contributed by atoms with Gasteiger partial charge in [-0.1, -0.05) is 0 Å². The molecule has 0 bridgehead atoms. The summed E-state index contributed by atoms with van der Waals surface area (Å²) in [4.78, 5) is 23.6. The average molecular weight is 444 g/mol. The fourth-order valence-electron chi connectivity index (χ4n) is 1.55. The van der Waals surface area contributed by atoms with Crippen LogP contribution in [0, 0.1) is 0 Å². The van der Waals surface area contributed by atoms with E-state index in [1.165, 1.54) is 44.8 Å². The fraction of sp³-hybridized carbons (Fsp3) is 0.571. The Morgan fingerprint density at radius 3 is 1.75 bits per heavy atom. The molecule has 20 heavy (non-hydrogen) atoms. The summed E-state index contributed by atoms with van der Waals surface area (Å²) in [6.07, 6.45) is 0. The van der Waals surface area contributed by atoms with Gasteiger partial charge >= 0.3 is 140 Å². The SMILES string of the molecule is C=C(C)C(=O)SC[Se]1(CSC(=O)C(=C)C)CC[Se]CC1. The van der Waals surface area contributed by atoms with Crippen molar-refractivity contribution < 1.29 is 9.59 Å². The minimum atomic E-state index is -1.68. The Hall–Kier alpha value is 0.559. The first-order chi connectivity index (χ1) is 9.36. The monoisotopic (exact) mass is 446 g/mol. The van der Waals surface area contributed by atoms with Crippen molar-refractivity contribution in [3.63, 3.8) is 0 Å². The molecule has 1 fully saturated rings. The predicted octanol–water partition coefficient (Wildman–Crippen LogP) is 3.74. The summed E-state index contributed by atoms with van der Waals surface area (Å²) in [6.45, 7) is 11.0. The van der Waals surface area contributed by atoms with Crippen molar-refractivity contribution in [3.05, 3.63) is 24.3 Å². The molecule has 1 rings (SSSR count). The van der Waals surface area contributed by atoms with Crippen LogP contribution in [0.4, 0.5) is 0 Å². The van der Waals surface area contributed by atoms with E-state index in [-0.39, 0.29) is 10.2 Å². The molecule has 0 atom stereocenters. The van der Waals surface area contributed by atoms with E-state index >= 15 is 0 Å². The molecule has 1 heterocycles. The maximum atomic E-state index is 11.8. The molecule has 2 nitrogen and oxygen atoms in total. The number of hydrogen-bond donors (Lipinski definition) is 0. The van der Waals surface area contributed by atoms with Gasteiger partial charge < -0.3 is 0 Å². The van der Waals surface area contributed by atoms with E-state index in [1.54, 1.807) is 13.8 Å². The zero-order valence-electron chi connectivity index (χ0n) is 12.1. The van der Waals surface area contributed by atoms with Crippen LogP contribution in [-0.2, 0) is 9.59 Å². The normalized spacial score (nSPS) is 19.1. The molecule has 0 spiro atoms. The number of hydrogen-bond acceptors (Lipinski definition) is 4. The van der Waals surface area contributed by atoms with Crippen LogP contribution < -0.4 is 0 Å². The number of thioether (sulfide) groups is 2. The van der Waals surface area contributed by atoms with Crippen LogP contribution in [0.1, 0.15) is 13.8 Å². The van der Waals surface area contributed by atoms with Gasteiger partial charge in [0.15, 0.2) is 0 Å². The van der Waals surface area contributed by atoms with Gasteiger partial charge in [0, 0.05) is 0 Å². The van der Waals surface area contributed by atoms with Crippen molar-refractivity contribution in [1.29, 1.82) is 0 Å². The molecule has 0 aromatic carbocycles. The van der Waals surface area contributed by atoms with Crippen LogP contribution in [-0.4, -0.2) is 47.3 Å². The summed E-state index contributed by atoms with van der Waals surface area (Å²) in [5.41, 5.74) is 1.26. The Morgan fingerprint density at radius 2 is 1.40 bits per heavy atom. The molecule has 1 aliphatic rings. The van der Waals surface area contributed by atoms with Gasteiger partial charge in [-0.25, -0.2) is 0 Å². The topological polar surface area (TPSA) is 34.1 Å². The molecule has 1 aliphatic heterocycles. The number of rotatable bonds is 6. The molecule has 0 N–H and O–H groups in total. The summed E-state index contributed by atoms with van der Waals surface area (Å²) in [5.74, 6) is 0. The second kappa shape index (κ2) is 8.87. The second-order valence-electron chi connectivity index (χ2n) is 4.91. The van der Waals surface area contributed by atoms with Gasteiger partial charge in [0.1, 0.15) is 0 Å². The molecule has 0 aromatic heterocycles. The molecule has 6 heteroatoms. The molecular weight excluding hydrogens is 422 g/mol. The zero-order chi connectivity index (χ0) is 15.2. The van der Waals surface area contributed by atoms with Crippen LogP contribution in [0.25, 0.3) is 0 Å². The first kappa shape index (κ1) is 18.6.